The molecule has 0 amide bonds. The van der Waals surface area contributed by atoms with E-state index in [1.54, 1.807) is 0 Å². The lowest BCUT2D eigenvalue weighted by atomic mass is 9.98. The summed E-state index contributed by atoms with van der Waals surface area (Å²) >= 11 is 0. The molecular formula is C35H22N2. The molecule has 0 unspecified atom stereocenters. The molecule has 2 nitrogen and oxygen atoms in total. The number of nitrogens with zero attached hydrogens (tertiary/aromatic N) is 2. The zero-order valence-electron chi connectivity index (χ0n) is 20.4. The molecule has 0 N–H and O–H groups in total. The van der Waals surface area contributed by atoms with E-state index in [-0.39, 0.29) is 0 Å². The van der Waals surface area contributed by atoms with Gasteiger partial charge in [-0.2, -0.15) is 0 Å². The van der Waals surface area contributed by atoms with Crippen molar-refractivity contribution in [1.82, 2.24) is 8.97 Å². The fourth-order valence-corrected chi connectivity index (χ4v) is 6.81. The van der Waals surface area contributed by atoms with E-state index in [9.17, 15) is 0 Å². The number of rotatable bonds is 1. The number of aryl methyl sites for hydroxylation is 1. The molecule has 3 aromatic heterocycles. The number of aromatic nitrogens is 2. The second-order valence-corrected chi connectivity index (χ2v) is 10.2. The van der Waals surface area contributed by atoms with E-state index in [1.807, 2.05) is 0 Å². The third-order valence-electron chi connectivity index (χ3n) is 8.28. The van der Waals surface area contributed by atoms with E-state index >= 15 is 0 Å². The normalized spacial score (nSPS) is 12.5. The number of hydrogen-bond acceptors (Lipinski definition) is 0. The van der Waals surface area contributed by atoms with E-state index in [0.29, 0.717) is 0 Å². The first kappa shape index (κ1) is 19.4. The Balaban J connectivity index is 1.72. The van der Waals surface area contributed by atoms with Gasteiger partial charge in [-0.25, -0.2) is 0 Å². The van der Waals surface area contributed by atoms with Crippen molar-refractivity contribution >= 4 is 70.7 Å². The Labute approximate surface area is 212 Å². The summed E-state index contributed by atoms with van der Waals surface area (Å²) in [6.07, 6.45) is 0. The van der Waals surface area contributed by atoms with Gasteiger partial charge in [0, 0.05) is 38.0 Å². The van der Waals surface area contributed by atoms with Crippen LogP contribution in [0, 0.1) is 6.92 Å². The van der Waals surface area contributed by atoms with Crippen LogP contribution in [0.25, 0.3) is 76.4 Å². The third kappa shape index (κ3) is 2.27. The van der Waals surface area contributed by atoms with Gasteiger partial charge in [-0.15, -0.1) is 0 Å². The predicted octanol–water partition coefficient (Wildman–Crippen LogP) is 9.40. The fourth-order valence-electron chi connectivity index (χ4n) is 6.81. The minimum atomic E-state index is 1.19. The Hall–Kier alpha value is -4.82. The molecule has 172 valence electrons. The molecule has 0 bridgehead atoms. The van der Waals surface area contributed by atoms with E-state index < -0.39 is 0 Å². The van der Waals surface area contributed by atoms with Crippen LogP contribution in [-0.4, -0.2) is 8.97 Å². The molecule has 9 rings (SSSR count). The summed E-state index contributed by atoms with van der Waals surface area (Å²) in [7, 11) is 0. The second kappa shape index (κ2) is 6.68. The van der Waals surface area contributed by atoms with Gasteiger partial charge in [0.25, 0.3) is 0 Å². The standard InChI is InChI=1S/C35H22N2/c1-21-17-19-22(20-18-21)36-30-16-7-5-12-27(30)31-24-10-2-3-11-25(24)32-28-14-8-13-26-23-9-4-6-15-29(23)37(33(26)28)35(32)34(31)36/h2-20H,1H3. The molecule has 0 fully saturated rings. The van der Waals surface area contributed by atoms with Gasteiger partial charge in [0.1, 0.15) is 0 Å². The van der Waals surface area contributed by atoms with Crippen molar-refractivity contribution in [1.29, 1.82) is 0 Å². The molecule has 0 aliphatic heterocycles. The van der Waals surface area contributed by atoms with Crippen LogP contribution in [-0.2, 0) is 0 Å². The first-order valence-electron chi connectivity index (χ1n) is 12.9. The maximum atomic E-state index is 2.54. The highest BCUT2D eigenvalue weighted by atomic mass is 15.0. The van der Waals surface area contributed by atoms with Gasteiger partial charge in [-0.1, -0.05) is 96.6 Å². The summed E-state index contributed by atoms with van der Waals surface area (Å²) < 4.78 is 5.02. The number of hydrogen-bond donors (Lipinski definition) is 0. The highest BCUT2D eigenvalue weighted by Crippen LogP contribution is 2.48. The summed E-state index contributed by atoms with van der Waals surface area (Å²) in [6, 6.07) is 42.4. The summed E-state index contributed by atoms with van der Waals surface area (Å²) in [6.45, 7) is 2.15. The molecule has 0 saturated carbocycles. The molecule has 3 heterocycles. The van der Waals surface area contributed by atoms with E-state index in [4.69, 9.17) is 0 Å². The monoisotopic (exact) mass is 470 g/mol. The predicted molar refractivity (Wildman–Crippen MR) is 158 cm³/mol. The summed E-state index contributed by atoms with van der Waals surface area (Å²) in [4.78, 5) is 0. The van der Waals surface area contributed by atoms with Gasteiger partial charge in [0.2, 0.25) is 0 Å². The highest BCUT2D eigenvalue weighted by molar-refractivity contribution is 6.38. The number of benzene rings is 6. The molecule has 0 saturated heterocycles. The average Bonchev–Trinajstić information content (AvgIpc) is 3.59. The molecule has 0 spiro atoms. The molecule has 9 aromatic rings. The zero-order chi connectivity index (χ0) is 24.2. The summed E-state index contributed by atoms with van der Waals surface area (Å²) in [5, 5.41) is 10.5. The van der Waals surface area contributed by atoms with Crippen LogP contribution < -0.4 is 0 Å². The van der Waals surface area contributed by atoms with Crippen LogP contribution in [0.4, 0.5) is 0 Å². The molecule has 0 radical (unpaired) electrons. The van der Waals surface area contributed by atoms with Gasteiger partial charge in [0.05, 0.1) is 27.6 Å². The van der Waals surface area contributed by atoms with Crippen molar-refractivity contribution in [2.75, 3.05) is 0 Å². The first-order valence-corrected chi connectivity index (χ1v) is 12.9. The molecule has 0 aliphatic carbocycles. The van der Waals surface area contributed by atoms with Gasteiger partial charge in [0.15, 0.2) is 0 Å². The van der Waals surface area contributed by atoms with Crippen LogP contribution in [0.15, 0.2) is 115 Å². The van der Waals surface area contributed by atoms with E-state index in [1.165, 1.54) is 81.9 Å². The average molecular weight is 471 g/mol. The van der Waals surface area contributed by atoms with Gasteiger partial charge in [-0.3, -0.25) is 0 Å². The number of para-hydroxylation sites is 3. The molecule has 6 aromatic carbocycles. The third-order valence-corrected chi connectivity index (χ3v) is 8.28. The van der Waals surface area contributed by atoms with Crippen molar-refractivity contribution in [2.24, 2.45) is 0 Å². The van der Waals surface area contributed by atoms with E-state index in [2.05, 4.69) is 131 Å². The van der Waals surface area contributed by atoms with Crippen molar-refractivity contribution in [3.8, 4) is 5.69 Å². The lowest BCUT2D eigenvalue weighted by Gasteiger charge is -2.11. The van der Waals surface area contributed by atoms with Crippen molar-refractivity contribution in [3.63, 3.8) is 0 Å². The zero-order valence-corrected chi connectivity index (χ0v) is 20.4. The SMILES string of the molecule is Cc1ccc(-n2c3ccccc3c3c4ccccc4c4c5cccc6c7ccccc7n(c65)c4c32)cc1. The van der Waals surface area contributed by atoms with Crippen LogP contribution in [0.2, 0.25) is 0 Å². The summed E-state index contributed by atoms with van der Waals surface area (Å²) in [5.41, 5.74) is 8.85. The second-order valence-electron chi connectivity index (χ2n) is 10.2. The van der Waals surface area contributed by atoms with Gasteiger partial charge in [-0.05, 0) is 42.0 Å². The van der Waals surface area contributed by atoms with Crippen molar-refractivity contribution < 1.29 is 0 Å². The smallest absolute Gasteiger partial charge is 0.0795 e. The Bertz CT molecular complexity index is 2340. The molecular weight excluding hydrogens is 448 g/mol. The molecule has 0 atom stereocenters. The lowest BCUT2D eigenvalue weighted by Crippen LogP contribution is -1.96. The maximum absolute atomic E-state index is 2.54. The number of fused-ring (bicyclic) bond motifs is 13. The molecule has 37 heavy (non-hydrogen) atoms. The van der Waals surface area contributed by atoms with E-state index in [0.717, 1.165) is 0 Å². The van der Waals surface area contributed by atoms with Crippen LogP contribution >= 0.6 is 0 Å². The van der Waals surface area contributed by atoms with Gasteiger partial charge >= 0.3 is 0 Å². The Morgan fingerprint density at radius 2 is 0.973 bits per heavy atom. The minimum Gasteiger partial charge on any atom is -0.307 e. The Morgan fingerprint density at radius 1 is 0.405 bits per heavy atom. The van der Waals surface area contributed by atoms with Crippen LogP contribution in [0.3, 0.4) is 0 Å². The Kier molecular flexibility index (Phi) is 3.50. The lowest BCUT2D eigenvalue weighted by molar-refractivity contribution is 1.17. The van der Waals surface area contributed by atoms with Crippen molar-refractivity contribution in [2.45, 2.75) is 6.92 Å². The topological polar surface area (TPSA) is 9.34 Å². The largest absolute Gasteiger partial charge is 0.307 e. The quantitative estimate of drug-likeness (QED) is 0.226. The first-order chi connectivity index (χ1) is 18.3. The van der Waals surface area contributed by atoms with Crippen molar-refractivity contribution in [3.05, 3.63) is 121 Å². The maximum Gasteiger partial charge on any atom is 0.0795 e. The molecule has 2 heteroatoms. The van der Waals surface area contributed by atoms with Crippen LogP contribution in [0.5, 0.6) is 0 Å². The van der Waals surface area contributed by atoms with Crippen LogP contribution in [0.1, 0.15) is 5.56 Å². The molecule has 0 aliphatic rings. The van der Waals surface area contributed by atoms with Gasteiger partial charge < -0.3 is 8.97 Å². The highest BCUT2D eigenvalue weighted by Gasteiger charge is 2.25. The Morgan fingerprint density at radius 3 is 1.73 bits per heavy atom. The fraction of sp³-hybridized carbons (Fsp3) is 0.0286. The summed E-state index contributed by atoms with van der Waals surface area (Å²) in [5.74, 6) is 0. The minimum absolute atomic E-state index is 1.19.